The molecule has 0 aliphatic carbocycles. The van der Waals surface area contributed by atoms with E-state index in [9.17, 15) is 8.42 Å². The second-order valence-corrected chi connectivity index (χ2v) is 9.51. The van der Waals surface area contributed by atoms with E-state index in [0.29, 0.717) is 17.7 Å². The van der Waals surface area contributed by atoms with Crippen molar-refractivity contribution in [2.45, 2.75) is 66.2 Å². The van der Waals surface area contributed by atoms with Gasteiger partial charge in [-0.3, -0.25) is 0 Å². The Morgan fingerprint density at radius 2 is 1.56 bits per heavy atom. The SMILES string of the molecule is CC(C)NCC(CCS(=O)(=O)C(C)C)C(C)(C)C. The van der Waals surface area contributed by atoms with Crippen LogP contribution in [0, 0.1) is 11.3 Å². The Hall–Kier alpha value is -0.0900. The average Bonchev–Trinajstić information content (AvgIpc) is 2.14. The smallest absolute Gasteiger partial charge is 0.152 e. The number of nitrogens with one attached hydrogen (secondary N) is 1. The molecule has 0 saturated carbocycles. The number of sulfone groups is 1. The highest BCUT2D eigenvalue weighted by Crippen LogP contribution is 2.29. The molecule has 0 heterocycles. The van der Waals surface area contributed by atoms with Crippen molar-refractivity contribution in [1.29, 1.82) is 0 Å². The molecule has 0 fully saturated rings. The average molecular weight is 277 g/mol. The van der Waals surface area contributed by atoms with Gasteiger partial charge in [0.15, 0.2) is 9.84 Å². The van der Waals surface area contributed by atoms with Crippen molar-refractivity contribution in [2.75, 3.05) is 12.3 Å². The minimum Gasteiger partial charge on any atom is -0.314 e. The van der Waals surface area contributed by atoms with Crippen LogP contribution >= 0.6 is 0 Å². The van der Waals surface area contributed by atoms with Crippen LogP contribution in [0.25, 0.3) is 0 Å². The van der Waals surface area contributed by atoms with Crippen molar-refractivity contribution < 1.29 is 8.42 Å². The summed E-state index contributed by atoms with van der Waals surface area (Å²) >= 11 is 0. The molecule has 0 saturated heterocycles. The third kappa shape index (κ3) is 6.74. The predicted octanol–water partition coefficient (Wildman–Crippen LogP) is 2.86. The van der Waals surface area contributed by atoms with Gasteiger partial charge in [0.25, 0.3) is 0 Å². The van der Waals surface area contributed by atoms with Gasteiger partial charge in [-0.05, 0) is 38.1 Å². The van der Waals surface area contributed by atoms with E-state index in [4.69, 9.17) is 0 Å². The second kappa shape index (κ2) is 6.90. The van der Waals surface area contributed by atoms with Crippen molar-refractivity contribution in [2.24, 2.45) is 11.3 Å². The van der Waals surface area contributed by atoms with E-state index in [1.807, 2.05) is 0 Å². The van der Waals surface area contributed by atoms with Crippen LogP contribution in [0.3, 0.4) is 0 Å². The lowest BCUT2D eigenvalue weighted by molar-refractivity contribution is 0.222. The molecule has 0 aromatic heterocycles. The largest absolute Gasteiger partial charge is 0.314 e. The lowest BCUT2D eigenvalue weighted by Gasteiger charge is -2.32. The fourth-order valence-corrected chi connectivity index (χ4v) is 2.85. The zero-order valence-corrected chi connectivity index (χ0v) is 13.9. The lowest BCUT2D eigenvalue weighted by atomic mass is 9.79. The molecule has 1 unspecified atom stereocenters. The molecule has 18 heavy (non-hydrogen) atoms. The van der Waals surface area contributed by atoms with Gasteiger partial charge in [0.2, 0.25) is 0 Å². The summed E-state index contributed by atoms with van der Waals surface area (Å²) in [6.45, 7) is 15.2. The fraction of sp³-hybridized carbons (Fsp3) is 1.00. The van der Waals surface area contributed by atoms with Gasteiger partial charge in [-0.2, -0.15) is 0 Å². The van der Waals surface area contributed by atoms with E-state index in [1.165, 1.54) is 0 Å². The van der Waals surface area contributed by atoms with Crippen LogP contribution in [-0.4, -0.2) is 32.0 Å². The molecule has 0 spiro atoms. The van der Waals surface area contributed by atoms with Crippen molar-refractivity contribution in [3.05, 3.63) is 0 Å². The Bertz CT molecular complexity index is 326. The van der Waals surface area contributed by atoms with E-state index < -0.39 is 9.84 Å². The third-order valence-electron chi connectivity index (χ3n) is 3.47. The van der Waals surface area contributed by atoms with Crippen LogP contribution in [-0.2, 0) is 9.84 Å². The Labute approximate surface area is 114 Å². The highest BCUT2D eigenvalue weighted by atomic mass is 32.2. The standard InChI is InChI=1S/C14H31NO2S/c1-11(2)15-10-13(14(5,6)7)8-9-18(16,17)12(3)4/h11-13,15H,8-10H2,1-7H3. The van der Waals surface area contributed by atoms with Gasteiger partial charge in [0.1, 0.15) is 0 Å². The molecule has 0 aromatic carbocycles. The minimum absolute atomic E-state index is 0.133. The normalized spacial score (nSPS) is 15.4. The van der Waals surface area contributed by atoms with Gasteiger partial charge in [-0.1, -0.05) is 34.6 Å². The molecule has 3 nitrogen and oxygen atoms in total. The first kappa shape index (κ1) is 17.9. The summed E-state index contributed by atoms with van der Waals surface area (Å²) in [5, 5.41) is 3.16. The first-order chi connectivity index (χ1) is 7.97. The first-order valence-corrected chi connectivity index (χ1v) is 8.63. The van der Waals surface area contributed by atoms with E-state index in [2.05, 4.69) is 39.9 Å². The maximum atomic E-state index is 11.9. The van der Waals surface area contributed by atoms with Crippen LogP contribution in [0.2, 0.25) is 0 Å². The highest BCUT2D eigenvalue weighted by molar-refractivity contribution is 7.91. The number of hydrogen-bond donors (Lipinski definition) is 1. The molecule has 0 amide bonds. The summed E-state index contributed by atoms with van der Waals surface area (Å²) in [5.74, 6) is 0.681. The lowest BCUT2D eigenvalue weighted by Crippen LogP contribution is -2.36. The molecule has 0 bridgehead atoms. The van der Waals surface area contributed by atoms with Crippen molar-refractivity contribution in [1.82, 2.24) is 5.32 Å². The summed E-state index contributed by atoms with van der Waals surface area (Å²) < 4.78 is 23.8. The molecule has 0 radical (unpaired) electrons. The number of hydrogen-bond acceptors (Lipinski definition) is 3. The van der Waals surface area contributed by atoms with E-state index in [0.717, 1.165) is 13.0 Å². The van der Waals surface area contributed by atoms with Crippen LogP contribution < -0.4 is 5.32 Å². The Morgan fingerprint density at radius 1 is 1.06 bits per heavy atom. The van der Waals surface area contributed by atoms with E-state index in [-0.39, 0.29) is 10.7 Å². The molecule has 0 aliphatic heterocycles. The van der Waals surface area contributed by atoms with E-state index >= 15 is 0 Å². The maximum Gasteiger partial charge on any atom is 0.152 e. The summed E-state index contributed by atoms with van der Waals surface area (Å²) in [4.78, 5) is 0. The topological polar surface area (TPSA) is 46.2 Å². The minimum atomic E-state index is -2.92. The quantitative estimate of drug-likeness (QED) is 0.778. The zero-order valence-electron chi connectivity index (χ0n) is 13.1. The van der Waals surface area contributed by atoms with Crippen molar-refractivity contribution in [3.8, 4) is 0 Å². The summed E-state index contributed by atoms with van der Waals surface area (Å²) in [6, 6.07) is 0.441. The fourth-order valence-electron chi connectivity index (χ4n) is 1.76. The van der Waals surface area contributed by atoms with Gasteiger partial charge in [-0.15, -0.1) is 0 Å². The molecular weight excluding hydrogens is 246 g/mol. The van der Waals surface area contributed by atoms with Gasteiger partial charge in [0, 0.05) is 6.04 Å². The first-order valence-electron chi connectivity index (χ1n) is 6.91. The molecule has 1 N–H and O–H groups in total. The summed E-state index contributed by atoms with van der Waals surface area (Å²) in [5.41, 5.74) is 0.133. The predicted molar refractivity (Wildman–Crippen MR) is 79.6 cm³/mol. The molecule has 0 rings (SSSR count). The molecule has 0 aliphatic rings. The Morgan fingerprint density at radius 3 is 1.89 bits per heavy atom. The molecule has 110 valence electrons. The van der Waals surface area contributed by atoms with Crippen molar-refractivity contribution >= 4 is 9.84 Å². The molecule has 1 atom stereocenters. The van der Waals surface area contributed by atoms with Crippen LogP contribution in [0.15, 0.2) is 0 Å². The van der Waals surface area contributed by atoms with E-state index in [1.54, 1.807) is 13.8 Å². The third-order valence-corrected chi connectivity index (χ3v) is 5.71. The Kier molecular flexibility index (Phi) is 6.86. The zero-order chi connectivity index (χ0) is 14.6. The summed E-state index contributed by atoms with van der Waals surface area (Å²) in [7, 11) is -2.92. The molecular formula is C14H31NO2S. The molecule has 0 aromatic rings. The highest BCUT2D eigenvalue weighted by Gasteiger charge is 2.27. The van der Waals surface area contributed by atoms with Crippen LogP contribution in [0.1, 0.15) is 54.9 Å². The van der Waals surface area contributed by atoms with Gasteiger partial charge < -0.3 is 5.32 Å². The van der Waals surface area contributed by atoms with Crippen LogP contribution in [0.4, 0.5) is 0 Å². The van der Waals surface area contributed by atoms with Gasteiger partial charge >= 0.3 is 0 Å². The van der Waals surface area contributed by atoms with Crippen molar-refractivity contribution in [3.63, 3.8) is 0 Å². The summed E-state index contributed by atoms with van der Waals surface area (Å²) in [6.07, 6.45) is 0.740. The number of rotatable bonds is 7. The monoisotopic (exact) mass is 277 g/mol. The maximum absolute atomic E-state index is 11.9. The molecule has 4 heteroatoms. The second-order valence-electron chi connectivity index (χ2n) is 6.83. The van der Waals surface area contributed by atoms with Gasteiger partial charge in [-0.25, -0.2) is 8.42 Å². The van der Waals surface area contributed by atoms with Crippen LogP contribution in [0.5, 0.6) is 0 Å². The van der Waals surface area contributed by atoms with Gasteiger partial charge in [0.05, 0.1) is 11.0 Å². The Balaban J connectivity index is 4.53.